The van der Waals surface area contributed by atoms with Crippen LogP contribution in [-0.4, -0.2) is 52.1 Å². The molecule has 2 heterocycles. The van der Waals surface area contributed by atoms with E-state index in [-0.39, 0.29) is 30.0 Å². The minimum Gasteiger partial charge on any atom is -0.395 e. The minimum absolute atomic E-state index is 0.0639. The Morgan fingerprint density at radius 1 is 1.07 bits per heavy atom. The summed E-state index contributed by atoms with van der Waals surface area (Å²) >= 11 is 6.05. The maximum absolute atomic E-state index is 12.8. The van der Waals surface area contributed by atoms with Gasteiger partial charge in [0, 0.05) is 42.5 Å². The van der Waals surface area contributed by atoms with E-state index in [0.717, 1.165) is 37.5 Å². The number of aliphatic hydroxyl groups is 1. The fourth-order valence-electron chi connectivity index (χ4n) is 5.49. The second-order valence-electron chi connectivity index (χ2n) is 8.82. The first-order chi connectivity index (χ1) is 14.1. The molecule has 0 radical (unpaired) electrons. The molecule has 1 spiro atoms. The van der Waals surface area contributed by atoms with Crippen molar-refractivity contribution in [2.24, 2.45) is 5.92 Å². The number of nitrogens with zero attached hydrogens (tertiary/aromatic N) is 2. The number of amides is 1. The third-order valence-electron chi connectivity index (χ3n) is 7.24. The van der Waals surface area contributed by atoms with Gasteiger partial charge in [0.2, 0.25) is 5.91 Å². The fraction of sp³-hybridized carbons (Fsp3) is 0.458. The first kappa shape index (κ1) is 19.1. The molecule has 29 heavy (non-hydrogen) atoms. The summed E-state index contributed by atoms with van der Waals surface area (Å²) in [5.74, 6) is 0.806. The average molecular weight is 411 g/mol. The zero-order chi connectivity index (χ0) is 20.0. The molecular formula is C24H27ClN2O2. The van der Waals surface area contributed by atoms with Crippen LogP contribution in [0.2, 0.25) is 5.02 Å². The topological polar surface area (TPSA) is 43.8 Å². The highest BCUT2D eigenvalue weighted by Crippen LogP contribution is 2.54. The van der Waals surface area contributed by atoms with Gasteiger partial charge < -0.3 is 10.0 Å². The van der Waals surface area contributed by atoms with Crippen LogP contribution < -0.4 is 0 Å². The van der Waals surface area contributed by atoms with Crippen molar-refractivity contribution in [2.75, 3.05) is 19.7 Å². The minimum atomic E-state index is -0.0895. The second-order valence-corrected chi connectivity index (χ2v) is 9.25. The van der Waals surface area contributed by atoms with E-state index in [0.29, 0.717) is 5.91 Å². The SMILES string of the molecule is O=C(C1CCC1)N1CC2(C1)[C@H](c1ccccc1)[C@H](CO)N2Cc1ccc(Cl)cc1. The van der Waals surface area contributed by atoms with E-state index in [1.165, 1.54) is 17.5 Å². The van der Waals surface area contributed by atoms with E-state index in [1.54, 1.807) is 0 Å². The molecule has 3 aliphatic rings. The molecule has 1 aliphatic carbocycles. The van der Waals surface area contributed by atoms with E-state index < -0.39 is 0 Å². The maximum Gasteiger partial charge on any atom is 0.225 e. The number of hydrogen-bond acceptors (Lipinski definition) is 3. The summed E-state index contributed by atoms with van der Waals surface area (Å²) in [5.41, 5.74) is 2.35. The van der Waals surface area contributed by atoms with Gasteiger partial charge in [-0.3, -0.25) is 9.69 Å². The van der Waals surface area contributed by atoms with Gasteiger partial charge in [-0.05, 0) is 36.1 Å². The van der Waals surface area contributed by atoms with Gasteiger partial charge in [0.25, 0.3) is 0 Å². The quantitative estimate of drug-likeness (QED) is 0.817. The fourth-order valence-corrected chi connectivity index (χ4v) is 5.61. The molecule has 1 saturated carbocycles. The van der Waals surface area contributed by atoms with Crippen molar-refractivity contribution in [2.45, 2.75) is 43.3 Å². The zero-order valence-corrected chi connectivity index (χ0v) is 17.3. The Morgan fingerprint density at radius 3 is 2.34 bits per heavy atom. The van der Waals surface area contributed by atoms with E-state index in [1.807, 2.05) is 23.1 Å². The summed E-state index contributed by atoms with van der Waals surface area (Å²) in [4.78, 5) is 17.2. The Kier molecular flexibility index (Phi) is 4.89. The Labute approximate surface area is 177 Å². The van der Waals surface area contributed by atoms with Crippen LogP contribution in [0.5, 0.6) is 0 Å². The lowest BCUT2D eigenvalue weighted by Gasteiger charge is -2.71. The number of halogens is 1. The number of hydrogen-bond donors (Lipinski definition) is 1. The van der Waals surface area contributed by atoms with Crippen molar-refractivity contribution in [3.05, 3.63) is 70.7 Å². The predicted octanol–water partition coefficient (Wildman–Crippen LogP) is 3.68. The highest BCUT2D eigenvalue weighted by molar-refractivity contribution is 6.30. The third kappa shape index (κ3) is 3.09. The van der Waals surface area contributed by atoms with Gasteiger partial charge in [0.15, 0.2) is 0 Å². The van der Waals surface area contributed by atoms with Crippen molar-refractivity contribution in [3.63, 3.8) is 0 Å². The summed E-state index contributed by atoms with van der Waals surface area (Å²) in [5, 5.41) is 11.0. The molecule has 5 heteroatoms. The Hall–Kier alpha value is -1.88. The molecule has 0 aromatic heterocycles. The Balaban J connectivity index is 1.41. The van der Waals surface area contributed by atoms with E-state index >= 15 is 0 Å². The number of aliphatic hydroxyl groups excluding tert-OH is 1. The van der Waals surface area contributed by atoms with Crippen molar-refractivity contribution in [1.82, 2.24) is 9.80 Å². The van der Waals surface area contributed by atoms with Crippen LogP contribution in [0.15, 0.2) is 54.6 Å². The van der Waals surface area contributed by atoms with Gasteiger partial charge in [-0.15, -0.1) is 0 Å². The van der Waals surface area contributed by atoms with Crippen LogP contribution >= 0.6 is 11.6 Å². The van der Waals surface area contributed by atoms with Gasteiger partial charge in [-0.2, -0.15) is 0 Å². The summed E-state index contributed by atoms with van der Waals surface area (Å²) in [6, 6.07) is 18.5. The lowest BCUT2D eigenvalue weighted by molar-refractivity contribution is -0.203. The zero-order valence-electron chi connectivity index (χ0n) is 16.5. The van der Waals surface area contributed by atoms with Gasteiger partial charge in [0.1, 0.15) is 0 Å². The normalized spacial score (nSPS) is 25.9. The van der Waals surface area contributed by atoms with Gasteiger partial charge >= 0.3 is 0 Å². The Morgan fingerprint density at radius 2 is 1.76 bits per heavy atom. The monoisotopic (exact) mass is 410 g/mol. The summed E-state index contributed by atoms with van der Waals surface area (Å²) in [7, 11) is 0. The average Bonchev–Trinajstić information content (AvgIpc) is 2.64. The molecule has 2 aromatic rings. The van der Waals surface area contributed by atoms with Gasteiger partial charge in [-0.25, -0.2) is 0 Å². The molecule has 1 amide bonds. The molecule has 2 aromatic carbocycles. The van der Waals surface area contributed by atoms with Crippen LogP contribution in [0.4, 0.5) is 0 Å². The molecule has 4 nitrogen and oxygen atoms in total. The van der Waals surface area contributed by atoms with Gasteiger partial charge in [0.05, 0.1) is 12.1 Å². The number of carbonyl (C=O) groups is 1. The van der Waals surface area contributed by atoms with Gasteiger partial charge in [-0.1, -0.05) is 60.5 Å². The van der Waals surface area contributed by atoms with Crippen molar-refractivity contribution in [1.29, 1.82) is 0 Å². The van der Waals surface area contributed by atoms with Crippen LogP contribution in [0, 0.1) is 5.92 Å². The maximum atomic E-state index is 12.8. The van der Waals surface area contributed by atoms with Crippen molar-refractivity contribution < 1.29 is 9.90 Å². The van der Waals surface area contributed by atoms with Crippen LogP contribution in [-0.2, 0) is 11.3 Å². The molecule has 0 bridgehead atoms. The standard InChI is InChI=1S/C24H27ClN2O2/c25-20-11-9-17(10-12-20)13-27-21(14-28)22(18-5-2-1-3-6-18)24(27)15-26(16-24)23(29)19-7-4-8-19/h1-3,5-6,9-12,19,21-22,28H,4,7-8,13-16H2/t21-,22+/m0/s1. The molecule has 152 valence electrons. The molecule has 2 aliphatic heterocycles. The summed E-state index contributed by atoms with van der Waals surface area (Å²) in [6.07, 6.45) is 3.26. The predicted molar refractivity (Wildman–Crippen MR) is 114 cm³/mol. The van der Waals surface area contributed by atoms with Crippen LogP contribution in [0.3, 0.4) is 0 Å². The molecule has 0 unspecified atom stereocenters. The van der Waals surface area contributed by atoms with Crippen molar-refractivity contribution in [3.8, 4) is 0 Å². The number of rotatable bonds is 5. The molecule has 2 atom stereocenters. The van der Waals surface area contributed by atoms with E-state index in [9.17, 15) is 9.90 Å². The van der Waals surface area contributed by atoms with Crippen LogP contribution in [0.25, 0.3) is 0 Å². The van der Waals surface area contributed by atoms with E-state index in [4.69, 9.17) is 11.6 Å². The number of carbonyl (C=O) groups excluding carboxylic acids is 1. The van der Waals surface area contributed by atoms with E-state index in [2.05, 4.69) is 41.3 Å². The highest BCUT2D eigenvalue weighted by atomic mass is 35.5. The highest BCUT2D eigenvalue weighted by Gasteiger charge is 2.66. The lowest BCUT2D eigenvalue weighted by Crippen LogP contribution is -2.84. The largest absolute Gasteiger partial charge is 0.395 e. The smallest absolute Gasteiger partial charge is 0.225 e. The molecule has 5 rings (SSSR count). The number of benzene rings is 2. The second kappa shape index (κ2) is 7.42. The summed E-state index contributed by atoms with van der Waals surface area (Å²) in [6.45, 7) is 2.39. The first-order valence-corrected chi connectivity index (χ1v) is 11.0. The molecular weight excluding hydrogens is 384 g/mol. The lowest BCUT2D eigenvalue weighted by atomic mass is 9.60. The number of likely N-dealkylation sites (tertiary alicyclic amines) is 2. The van der Waals surface area contributed by atoms with Crippen molar-refractivity contribution >= 4 is 17.5 Å². The molecule has 3 fully saturated rings. The molecule has 2 saturated heterocycles. The first-order valence-electron chi connectivity index (χ1n) is 10.6. The van der Waals surface area contributed by atoms with Crippen LogP contribution in [0.1, 0.15) is 36.3 Å². The summed E-state index contributed by atoms with van der Waals surface area (Å²) < 4.78 is 0. The third-order valence-corrected chi connectivity index (χ3v) is 7.50. The Bertz CT molecular complexity index is 876. The molecule has 1 N–H and O–H groups in total.